The number of rotatable bonds is 3. The highest BCUT2D eigenvalue weighted by Crippen LogP contribution is 2.14. The van der Waals surface area contributed by atoms with Crippen molar-refractivity contribution >= 4 is 12.0 Å². The second kappa shape index (κ2) is 5.52. The number of aryl methyl sites for hydroxylation is 2. The Kier molecular flexibility index (Phi) is 3.80. The van der Waals surface area contributed by atoms with Crippen LogP contribution in [0.25, 0.3) is 11.8 Å². The highest BCUT2D eigenvalue weighted by molar-refractivity contribution is 5.87. The number of nitrogens with zero attached hydrogens (tertiary/aromatic N) is 2. The summed E-state index contributed by atoms with van der Waals surface area (Å²) in [5, 5.41) is 4.43. The Bertz CT molecular complexity index is 627. The van der Waals surface area contributed by atoms with E-state index in [0.29, 0.717) is 0 Å². The Hall–Kier alpha value is -2.36. The summed E-state index contributed by atoms with van der Waals surface area (Å²) in [4.78, 5) is 11.1. The molecule has 0 bridgehead atoms. The van der Waals surface area contributed by atoms with Gasteiger partial charge in [0, 0.05) is 11.8 Å². The molecule has 4 nitrogen and oxygen atoms in total. The molecule has 0 saturated carbocycles. The zero-order chi connectivity index (χ0) is 13.8. The summed E-state index contributed by atoms with van der Waals surface area (Å²) in [6, 6.07) is 9.84. The molecular weight excluding hydrogens is 240 g/mol. The standard InChI is InChI=1S/C15H16N2O2/c1-11-9-12(2)17(16-11)14-6-4-5-13(10-14)7-8-15(18)19-3/h4-10H,1-3H3. The van der Waals surface area contributed by atoms with Crippen LogP contribution < -0.4 is 0 Å². The van der Waals surface area contributed by atoms with E-state index in [-0.39, 0.29) is 5.97 Å². The van der Waals surface area contributed by atoms with Gasteiger partial charge < -0.3 is 4.74 Å². The van der Waals surface area contributed by atoms with E-state index >= 15 is 0 Å². The number of esters is 1. The molecule has 2 aromatic rings. The lowest BCUT2D eigenvalue weighted by Crippen LogP contribution is -1.99. The molecule has 0 fully saturated rings. The first kappa shape index (κ1) is 13.1. The SMILES string of the molecule is COC(=O)C=Cc1cccc(-n2nc(C)cc2C)c1. The van der Waals surface area contributed by atoms with Gasteiger partial charge in [-0.1, -0.05) is 12.1 Å². The van der Waals surface area contributed by atoms with E-state index in [1.165, 1.54) is 13.2 Å². The van der Waals surface area contributed by atoms with Gasteiger partial charge in [0.25, 0.3) is 0 Å². The van der Waals surface area contributed by atoms with E-state index in [9.17, 15) is 4.79 Å². The minimum atomic E-state index is -0.364. The fourth-order valence-electron chi connectivity index (χ4n) is 1.88. The largest absolute Gasteiger partial charge is 0.466 e. The molecule has 0 aliphatic carbocycles. The molecular formula is C15H16N2O2. The number of hydrogen-bond donors (Lipinski definition) is 0. The Labute approximate surface area is 112 Å². The predicted molar refractivity (Wildman–Crippen MR) is 74.1 cm³/mol. The predicted octanol–water partition coefficient (Wildman–Crippen LogP) is 2.68. The van der Waals surface area contributed by atoms with E-state index in [1.807, 2.05) is 48.9 Å². The normalized spacial score (nSPS) is 10.9. The molecule has 1 heterocycles. The molecule has 0 unspecified atom stereocenters. The van der Waals surface area contributed by atoms with Crippen LogP contribution in [0.3, 0.4) is 0 Å². The topological polar surface area (TPSA) is 44.1 Å². The van der Waals surface area contributed by atoms with Gasteiger partial charge in [-0.15, -0.1) is 0 Å². The quantitative estimate of drug-likeness (QED) is 0.626. The van der Waals surface area contributed by atoms with Gasteiger partial charge in [-0.25, -0.2) is 9.48 Å². The van der Waals surface area contributed by atoms with Gasteiger partial charge in [0.2, 0.25) is 0 Å². The first-order chi connectivity index (χ1) is 9.10. The molecule has 2 rings (SSSR count). The Morgan fingerprint density at radius 3 is 2.74 bits per heavy atom. The summed E-state index contributed by atoms with van der Waals surface area (Å²) >= 11 is 0. The molecule has 0 radical (unpaired) electrons. The molecule has 0 amide bonds. The molecule has 19 heavy (non-hydrogen) atoms. The third-order valence-electron chi connectivity index (χ3n) is 2.74. The van der Waals surface area contributed by atoms with Gasteiger partial charge in [-0.2, -0.15) is 5.10 Å². The first-order valence-corrected chi connectivity index (χ1v) is 6.00. The number of methoxy groups -OCH3 is 1. The van der Waals surface area contributed by atoms with Crippen molar-refractivity contribution in [3.05, 3.63) is 53.4 Å². The summed E-state index contributed by atoms with van der Waals surface area (Å²) in [6.07, 6.45) is 3.13. The summed E-state index contributed by atoms with van der Waals surface area (Å²) in [5.41, 5.74) is 3.95. The Balaban J connectivity index is 2.32. The molecule has 0 aliphatic heterocycles. The van der Waals surface area contributed by atoms with Crippen molar-refractivity contribution < 1.29 is 9.53 Å². The first-order valence-electron chi connectivity index (χ1n) is 6.00. The average Bonchev–Trinajstić information content (AvgIpc) is 2.75. The van der Waals surface area contributed by atoms with Crippen LogP contribution in [0.15, 0.2) is 36.4 Å². The van der Waals surface area contributed by atoms with Crippen LogP contribution in [-0.4, -0.2) is 22.9 Å². The zero-order valence-corrected chi connectivity index (χ0v) is 11.3. The van der Waals surface area contributed by atoms with Gasteiger partial charge in [0.05, 0.1) is 18.5 Å². The van der Waals surface area contributed by atoms with E-state index in [1.54, 1.807) is 6.08 Å². The van der Waals surface area contributed by atoms with Gasteiger partial charge in [-0.3, -0.25) is 0 Å². The molecule has 98 valence electrons. The summed E-state index contributed by atoms with van der Waals surface area (Å²) in [5.74, 6) is -0.364. The summed E-state index contributed by atoms with van der Waals surface area (Å²) < 4.78 is 6.45. The highest BCUT2D eigenvalue weighted by atomic mass is 16.5. The minimum absolute atomic E-state index is 0.364. The van der Waals surface area contributed by atoms with Gasteiger partial charge in [-0.05, 0) is 43.7 Å². The van der Waals surface area contributed by atoms with E-state index in [4.69, 9.17) is 0 Å². The number of benzene rings is 1. The van der Waals surface area contributed by atoms with Crippen LogP contribution in [-0.2, 0) is 9.53 Å². The van der Waals surface area contributed by atoms with E-state index in [2.05, 4.69) is 9.84 Å². The van der Waals surface area contributed by atoms with Crippen molar-refractivity contribution in [2.75, 3.05) is 7.11 Å². The highest BCUT2D eigenvalue weighted by Gasteiger charge is 2.03. The third-order valence-corrected chi connectivity index (χ3v) is 2.74. The second-order valence-electron chi connectivity index (χ2n) is 4.29. The number of aromatic nitrogens is 2. The summed E-state index contributed by atoms with van der Waals surface area (Å²) in [7, 11) is 1.36. The van der Waals surface area contributed by atoms with Crippen LogP contribution in [0.1, 0.15) is 17.0 Å². The van der Waals surface area contributed by atoms with E-state index < -0.39 is 0 Å². The van der Waals surface area contributed by atoms with Crippen molar-refractivity contribution in [1.82, 2.24) is 9.78 Å². The fraction of sp³-hybridized carbons (Fsp3) is 0.200. The van der Waals surface area contributed by atoms with Crippen molar-refractivity contribution in [1.29, 1.82) is 0 Å². The Morgan fingerprint density at radius 2 is 2.11 bits per heavy atom. The van der Waals surface area contributed by atoms with Crippen LogP contribution in [0.2, 0.25) is 0 Å². The second-order valence-corrected chi connectivity index (χ2v) is 4.29. The lowest BCUT2D eigenvalue weighted by molar-refractivity contribution is -0.134. The smallest absolute Gasteiger partial charge is 0.330 e. The molecule has 0 saturated heterocycles. The number of carbonyl (C=O) groups is 1. The van der Waals surface area contributed by atoms with Crippen molar-refractivity contribution in [3.63, 3.8) is 0 Å². The molecule has 1 aromatic carbocycles. The van der Waals surface area contributed by atoms with Gasteiger partial charge in [0.1, 0.15) is 0 Å². The minimum Gasteiger partial charge on any atom is -0.466 e. The maximum Gasteiger partial charge on any atom is 0.330 e. The van der Waals surface area contributed by atoms with Crippen LogP contribution >= 0.6 is 0 Å². The number of carbonyl (C=O) groups excluding carboxylic acids is 1. The third kappa shape index (κ3) is 3.10. The lowest BCUT2D eigenvalue weighted by Gasteiger charge is -2.05. The lowest BCUT2D eigenvalue weighted by atomic mass is 10.2. The number of ether oxygens (including phenoxy) is 1. The van der Waals surface area contributed by atoms with E-state index in [0.717, 1.165) is 22.6 Å². The molecule has 1 aromatic heterocycles. The van der Waals surface area contributed by atoms with Gasteiger partial charge in [0.15, 0.2) is 0 Å². The Morgan fingerprint density at radius 1 is 1.32 bits per heavy atom. The molecule has 0 spiro atoms. The number of hydrogen-bond acceptors (Lipinski definition) is 3. The van der Waals surface area contributed by atoms with Crippen molar-refractivity contribution in [2.24, 2.45) is 0 Å². The summed E-state index contributed by atoms with van der Waals surface area (Å²) in [6.45, 7) is 3.97. The molecule has 0 atom stereocenters. The zero-order valence-electron chi connectivity index (χ0n) is 11.3. The van der Waals surface area contributed by atoms with Crippen molar-refractivity contribution in [2.45, 2.75) is 13.8 Å². The monoisotopic (exact) mass is 256 g/mol. The average molecular weight is 256 g/mol. The fourth-order valence-corrected chi connectivity index (χ4v) is 1.88. The van der Waals surface area contributed by atoms with Crippen LogP contribution in [0, 0.1) is 13.8 Å². The molecule has 0 aliphatic rings. The molecule has 4 heteroatoms. The van der Waals surface area contributed by atoms with Crippen molar-refractivity contribution in [3.8, 4) is 5.69 Å². The maximum atomic E-state index is 11.1. The van der Waals surface area contributed by atoms with Crippen LogP contribution in [0.5, 0.6) is 0 Å². The molecule has 0 N–H and O–H groups in total. The van der Waals surface area contributed by atoms with Gasteiger partial charge >= 0.3 is 5.97 Å². The maximum absolute atomic E-state index is 11.1. The van der Waals surface area contributed by atoms with Crippen LogP contribution in [0.4, 0.5) is 0 Å².